The molecule has 0 amide bonds. The van der Waals surface area contributed by atoms with Gasteiger partial charge >= 0.3 is 0 Å². The highest BCUT2D eigenvalue weighted by Crippen LogP contribution is 2.33. The Balaban J connectivity index is 1.60. The van der Waals surface area contributed by atoms with Crippen LogP contribution < -0.4 is 25.0 Å². The number of para-hydroxylation sites is 1. The number of sulfonamides is 1. The quantitative estimate of drug-likeness (QED) is 0.285. The lowest BCUT2D eigenvalue weighted by molar-refractivity contribution is 0.122. The molecule has 1 aliphatic rings. The summed E-state index contributed by atoms with van der Waals surface area (Å²) in [6.07, 6.45) is 1.58. The first kappa shape index (κ1) is 27.1. The number of methoxy groups -OCH3 is 1. The molecular weight excluding hydrogens is 564 g/mol. The van der Waals surface area contributed by atoms with Crippen molar-refractivity contribution in [3.8, 4) is 5.75 Å². The van der Waals surface area contributed by atoms with Crippen molar-refractivity contribution in [3.05, 3.63) is 53.1 Å². The van der Waals surface area contributed by atoms with E-state index in [4.69, 9.17) is 14.2 Å². The first-order chi connectivity index (χ1) is 17.9. The number of halogens is 1. The summed E-state index contributed by atoms with van der Waals surface area (Å²) in [6, 6.07) is 12.5. The van der Waals surface area contributed by atoms with Crippen LogP contribution in [0.3, 0.4) is 0 Å². The SMILES string of the molecule is CNS(=O)(=O)c1ccccc1Nc1nc(Nc2ccc(N3CCOCC3)cc2OCCOC)ncc1Br. The Bertz CT molecular complexity index is 1320. The van der Waals surface area contributed by atoms with Gasteiger partial charge in [-0.2, -0.15) is 4.98 Å². The minimum atomic E-state index is -3.68. The van der Waals surface area contributed by atoms with Crippen LogP contribution in [0.4, 0.5) is 28.8 Å². The van der Waals surface area contributed by atoms with Crippen LogP contribution in [0.15, 0.2) is 58.0 Å². The molecule has 0 unspecified atom stereocenters. The van der Waals surface area contributed by atoms with E-state index in [-0.39, 0.29) is 4.90 Å². The number of ether oxygens (including phenoxy) is 3. The number of nitrogens with zero attached hydrogens (tertiary/aromatic N) is 3. The van der Waals surface area contributed by atoms with E-state index in [1.54, 1.807) is 31.5 Å². The molecule has 2 heterocycles. The van der Waals surface area contributed by atoms with E-state index in [9.17, 15) is 8.42 Å². The van der Waals surface area contributed by atoms with E-state index in [1.807, 2.05) is 18.2 Å². The number of morpholine rings is 1. The van der Waals surface area contributed by atoms with Crippen molar-refractivity contribution in [2.75, 3.05) is 69.2 Å². The molecule has 1 aromatic heterocycles. The summed E-state index contributed by atoms with van der Waals surface area (Å²) in [5, 5.41) is 6.31. The first-order valence-electron chi connectivity index (χ1n) is 11.6. The minimum Gasteiger partial charge on any atom is -0.489 e. The van der Waals surface area contributed by atoms with Crippen molar-refractivity contribution in [2.24, 2.45) is 0 Å². The van der Waals surface area contributed by atoms with Crippen LogP contribution in [0, 0.1) is 0 Å². The highest BCUT2D eigenvalue weighted by atomic mass is 79.9. The van der Waals surface area contributed by atoms with Crippen molar-refractivity contribution in [1.82, 2.24) is 14.7 Å². The maximum Gasteiger partial charge on any atom is 0.242 e. The lowest BCUT2D eigenvalue weighted by Gasteiger charge is -2.29. The number of hydrogen-bond donors (Lipinski definition) is 3. The van der Waals surface area contributed by atoms with Gasteiger partial charge in [-0.25, -0.2) is 18.1 Å². The summed E-state index contributed by atoms with van der Waals surface area (Å²) in [6.45, 7) is 3.80. The van der Waals surface area contributed by atoms with E-state index in [0.29, 0.717) is 59.8 Å². The molecule has 4 rings (SSSR count). The molecule has 1 fully saturated rings. The first-order valence-corrected chi connectivity index (χ1v) is 13.9. The summed E-state index contributed by atoms with van der Waals surface area (Å²) in [5.74, 6) is 1.32. The molecule has 0 radical (unpaired) electrons. The lowest BCUT2D eigenvalue weighted by atomic mass is 10.2. The predicted molar refractivity (Wildman–Crippen MR) is 146 cm³/mol. The smallest absolute Gasteiger partial charge is 0.242 e. The highest BCUT2D eigenvalue weighted by Gasteiger charge is 2.18. The van der Waals surface area contributed by atoms with Gasteiger partial charge in [0.25, 0.3) is 0 Å². The second kappa shape index (κ2) is 12.5. The standard InChI is InChI=1S/C24H29BrN6O5S/c1-26-37(32,33)22-6-4-3-5-20(22)28-23-18(25)16-27-24(30-23)29-19-8-7-17(31-9-11-35-12-10-31)15-21(19)36-14-13-34-2/h3-8,15-16,26H,9-14H2,1-2H3,(H2,27,28,29,30). The van der Waals surface area contributed by atoms with Crippen LogP contribution in [0.5, 0.6) is 5.75 Å². The van der Waals surface area contributed by atoms with Gasteiger partial charge in [0.05, 0.1) is 35.7 Å². The lowest BCUT2D eigenvalue weighted by Crippen LogP contribution is -2.36. The van der Waals surface area contributed by atoms with Gasteiger partial charge < -0.3 is 29.7 Å². The van der Waals surface area contributed by atoms with Crippen LogP contribution in [0.2, 0.25) is 0 Å². The third-order valence-corrected chi connectivity index (χ3v) is 7.63. The Morgan fingerprint density at radius 3 is 2.62 bits per heavy atom. The number of aromatic nitrogens is 2. The van der Waals surface area contributed by atoms with Crippen LogP contribution in [-0.2, 0) is 19.5 Å². The van der Waals surface area contributed by atoms with Crippen LogP contribution in [0.25, 0.3) is 0 Å². The van der Waals surface area contributed by atoms with Crippen molar-refractivity contribution in [3.63, 3.8) is 0 Å². The van der Waals surface area contributed by atoms with E-state index in [2.05, 4.69) is 46.2 Å². The van der Waals surface area contributed by atoms with E-state index in [0.717, 1.165) is 18.8 Å². The van der Waals surface area contributed by atoms with Crippen molar-refractivity contribution in [2.45, 2.75) is 4.90 Å². The molecule has 0 aliphatic carbocycles. The fourth-order valence-corrected chi connectivity index (χ4v) is 4.84. The number of benzene rings is 2. The number of anilines is 5. The zero-order chi connectivity index (χ0) is 26.3. The van der Waals surface area contributed by atoms with Gasteiger partial charge in [0, 0.05) is 38.1 Å². The predicted octanol–water partition coefficient (Wildman–Crippen LogP) is 3.50. The third-order valence-electron chi connectivity index (χ3n) is 5.58. The molecule has 0 bridgehead atoms. The molecule has 1 aliphatic heterocycles. The Kier molecular flexibility index (Phi) is 9.16. The van der Waals surface area contributed by atoms with Crippen LogP contribution in [0.1, 0.15) is 0 Å². The molecule has 0 saturated carbocycles. The summed E-state index contributed by atoms with van der Waals surface area (Å²) < 4.78 is 44.4. The molecule has 2 aromatic carbocycles. The average Bonchev–Trinajstić information content (AvgIpc) is 2.92. The minimum absolute atomic E-state index is 0.102. The van der Waals surface area contributed by atoms with Crippen LogP contribution in [-0.4, -0.2) is 72.1 Å². The van der Waals surface area contributed by atoms with E-state index in [1.165, 1.54) is 13.1 Å². The van der Waals surface area contributed by atoms with Crippen molar-refractivity contribution >= 4 is 54.8 Å². The molecule has 3 aromatic rings. The molecule has 13 heteroatoms. The molecule has 3 N–H and O–H groups in total. The zero-order valence-corrected chi connectivity index (χ0v) is 22.9. The maximum absolute atomic E-state index is 12.5. The summed E-state index contributed by atoms with van der Waals surface area (Å²) in [7, 11) is -0.688. The Labute approximate surface area is 224 Å². The zero-order valence-electron chi connectivity index (χ0n) is 20.5. The topological polar surface area (TPSA) is 127 Å². The molecule has 1 saturated heterocycles. The van der Waals surface area contributed by atoms with Gasteiger partial charge in [-0.05, 0) is 47.2 Å². The summed E-state index contributed by atoms with van der Waals surface area (Å²) in [5.41, 5.74) is 2.09. The molecule has 11 nitrogen and oxygen atoms in total. The highest BCUT2D eigenvalue weighted by molar-refractivity contribution is 9.10. The van der Waals surface area contributed by atoms with Crippen LogP contribution >= 0.6 is 15.9 Å². The molecule has 37 heavy (non-hydrogen) atoms. The largest absolute Gasteiger partial charge is 0.489 e. The fourth-order valence-electron chi connectivity index (χ4n) is 3.66. The Hall–Kier alpha value is -2.97. The molecular formula is C24H29BrN6O5S. The van der Waals surface area contributed by atoms with Crippen molar-refractivity contribution in [1.29, 1.82) is 0 Å². The van der Waals surface area contributed by atoms with Gasteiger partial charge in [-0.1, -0.05) is 12.1 Å². The Morgan fingerprint density at radius 2 is 1.86 bits per heavy atom. The number of rotatable bonds is 11. The number of hydrogen-bond acceptors (Lipinski definition) is 10. The van der Waals surface area contributed by atoms with E-state index >= 15 is 0 Å². The summed E-state index contributed by atoms with van der Waals surface area (Å²) in [4.78, 5) is 11.3. The van der Waals surface area contributed by atoms with Crippen molar-refractivity contribution < 1.29 is 22.6 Å². The molecule has 0 atom stereocenters. The van der Waals surface area contributed by atoms with Gasteiger partial charge in [0.2, 0.25) is 16.0 Å². The second-order valence-electron chi connectivity index (χ2n) is 7.97. The van der Waals surface area contributed by atoms with Gasteiger partial charge in [0.15, 0.2) is 0 Å². The second-order valence-corrected chi connectivity index (χ2v) is 10.7. The molecule has 0 spiro atoms. The Morgan fingerprint density at radius 1 is 1.08 bits per heavy atom. The number of nitrogens with one attached hydrogen (secondary N) is 3. The normalized spacial score (nSPS) is 13.9. The van der Waals surface area contributed by atoms with Gasteiger partial charge in [-0.3, -0.25) is 0 Å². The van der Waals surface area contributed by atoms with Gasteiger partial charge in [-0.15, -0.1) is 0 Å². The maximum atomic E-state index is 12.5. The fraction of sp³-hybridized carbons (Fsp3) is 0.333. The van der Waals surface area contributed by atoms with Gasteiger partial charge in [0.1, 0.15) is 23.1 Å². The molecule has 198 valence electrons. The third kappa shape index (κ3) is 6.87. The average molecular weight is 594 g/mol. The monoisotopic (exact) mass is 592 g/mol. The summed E-state index contributed by atoms with van der Waals surface area (Å²) >= 11 is 3.44. The van der Waals surface area contributed by atoms with E-state index < -0.39 is 10.0 Å².